The highest BCUT2D eigenvalue weighted by Crippen LogP contribution is 2.06. The van der Waals surface area contributed by atoms with Gasteiger partial charge in [-0.2, -0.15) is 11.8 Å². The van der Waals surface area contributed by atoms with Crippen molar-refractivity contribution in [3.8, 4) is 0 Å². The van der Waals surface area contributed by atoms with Gasteiger partial charge in [-0.3, -0.25) is 0 Å². The molecule has 0 heterocycles. The summed E-state index contributed by atoms with van der Waals surface area (Å²) in [7, 11) is 3.74. The first-order valence-corrected chi connectivity index (χ1v) is 5.18. The molecule has 0 fully saturated rings. The lowest BCUT2D eigenvalue weighted by molar-refractivity contribution is 0.218. The van der Waals surface area contributed by atoms with E-state index in [-0.39, 0.29) is 0 Å². The van der Waals surface area contributed by atoms with Crippen molar-refractivity contribution < 1.29 is 4.74 Å². The second kappa shape index (κ2) is 8.37. The average molecular weight is 177 g/mol. The zero-order valence-corrected chi connectivity index (χ0v) is 8.54. The second-order valence-corrected chi connectivity index (χ2v) is 3.88. The smallest absolute Gasteiger partial charge is 0.0552 e. The molecule has 0 aromatic heterocycles. The molecule has 2 nitrogen and oxygen atoms in total. The van der Waals surface area contributed by atoms with Crippen molar-refractivity contribution in [1.29, 1.82) is 0 Å². The maximum Gasteiger partial charge on any atom is 0.0552 e. The van der Waals surface area contributed by atoms with Gasteiger partial charge >= 0.3 is 0 Å². The predicted octanol–water partition coefficient (Wildman–Crippen LogP) is 1.22. The van der Waals surface area contributed by atoms with E-state index in [2.05, 4.69) is 12.2 Å². The number of thioether (sulfide) groups is 1. The molecule has 0 saturated heterocycles. The quantitative estimate of drug-likeness (QED) is 0.591. The summed E-state index contributed by atoms with van der Waals surface area (Å²) in [5, 5.41) is 3.16. The van der Waals surface area contributed by atoms with Crippen molar-refractivity contribution in [2.75, 3.05) is 38.8 Å². The molecule has 0 rings (SSSR count). The van der Waals surface area contributed by atoms with Crippen molar-refractivity contribution in [3.63, 3.8) is 0 Å². The highest BCUT2D eigenvalue weighted by Gasteiger charge is 1.99. The molecule has 0 aromatic carbocycles. The Morgan fingerprint density at radius 2 is 2.27 bits per heavy atom. The Morgan fingerprint density at radius 3 is 2.82 bits per heavy atom. The minimum Gasteiger partial charge on any atom is -0.384 e. The summed E-state index contributed by atoms with van der Waals surface area (Å²) < 4.78 is 4.95. The van der Waals surface area contributed by atoms with Gasteiger partial charge in [0.15, 0.2) is 0 Å². The Bertz CT molecular complexity index is 80.5. The number of methoxy groups -OCH3 is 1. The average Bonchev–Trinajstić information content (AvgIpc) is 1.99. The van der Waals surface area contributed by atoms with E-state index in [1.54, 1.807) is 7.11 Å². The fourth-order valence-electron chi connectivity index (χ4n) is 0.834. The van der Waals surface area contributed by atoms with Crippen LogP contribution in [0.5, 0.6) is 0 Å². The number of rotatable bonds is 7. The topological polar surface area (TPSA) is 21.3 Å². The van der Waals surface area contributed by atoms with E-state index in [1.165, 1.54) is 5.75 Å². The van der Waals surface area contributed by atoms with E-state index in [4.69, 9.17) is 4.74 Å². The van der Waals surface area contributed by atoms with Crippen LogP contribution >= 0.6 is 11.8 Å². The van der Waals surface area contributed by atoms with Gasteiger partial charge in [0.05, 0.1) is 6.61 Å². The van der Waals surface area contributed by atoms with Gasteiger partial charge in [0.25, 0.3) is 0 Å². The van der Waals surface area contributed by atoms with Crippen LogP contribution in [0.2, 0.25) is 0 Å². The van der Waals surface area contributed by atoms with Gasteiger partial charge in [-0.1, -0.05) is 6.92 Å². The number of hydrogen-bond donors (Lipinski definition) is 1. The summed E-state index contributed by atoms with van der Waals surface area (Å²) in [6.07, 6.45) is 0. The van der Waals surface area contributed by atoms with Crippen LogP contribution < -0.4 is 5.32 Å². The summed E-state index contributed by atoms with van der Waals surface area (Å²) in [6.45, 7) is 4.24. The van der Waals surface area contributed by atoms with E-state index in [1.807, 2.05) is 18.8 Å². The van der Waals surface area contributed by atoms with Crippen LogP contribution in [0.4, 0.5) is 0 Å². The molecular formula is C8H19NOS. The monoisotopic (exact) mass is 177 g/mol. The fourth-order valence-corrected chi connectivity index (χ4v) is 1.81. The standard InChI is InChI=1S/C8H19NOS/c1-8(6-9-2)7-11-5-4-10-3/h8-9H,4-7H2,1-3H3. The number of nitrogens with one attached hydrogen (secondary N) is 1. The Morgan fingerprint density at radius 1 is 1.55 bits per heavy atom. The SMILES string of the molecule is CNCC(C)CSCCOC. The molecule has 0 aromatic rings. The Balaban J connectivity index is 2.97. The van der Waals surface area contributed by atoms with Crippen LogP contribution in [0.15, 0.2) is 0 Å². The molecule has 11 heavy (non-hydrogen) atoms. The van der Waals surface area contributed by atoms with Crippen LogP contribution in [0.25, 0.3) is 0 Å². The molecular weight excluding hydrogens is 158 g/mol. The second-order valence-electron chi connectivity index (χ2n) is 2.73. The van der Waals surface area contributed by atoms with E-state index in [0.717, 1.165) is 24.8 Å². The highest BCUT2D eigenvalue weighted by molar-refractivity contribution is 7.99. The lowest BCUT2D eigenvalue weighted by atomic mass is 10.2. The highest BCUT2D eigenvalue weighted by atomic mass is 32.2. The predicted molar refractivity (Wildman–Crippen MR) is 52.3 cm³/mol. The minimum atomic E-state index is 0.766. The Labute approximate surface area is 74.1 Å². The van der Waals surface area contributed by atoms with Crippen LogP contribution in [-0.2, 0) is 4.74 Å². The van der Waals surface area contributed by atoms with Gasteiger partial charge in [-0.05, 0) is 25.3 Å². The van der Waals surface area contributed by atoms with Crippen LogP contribution in [0.3, 0.4) is 0 Å². The molecule has 0 bridgehead atoms. The summed E-state index contributed by atoms with van der Waals surface area (Å²) >= 11 is 1.96. The van der Waals surface area contributed by atoms with Crippen molar-refractivity contribution in [3.05, 3.63) is 0 Å². The molecule has 0 aliphatic rings. The van der Waals surface area contributed by atoms with Gasteiger partial charge in [-0.25, -0.2) is 0 Å². The molecule has 1 atom stereocenters. The molecule has 0 spiro atoms. The van der Waals surface area contributed by atoms with Gasteiger partial charge in [0.1, 0.15) is 0 Å². The molecule has 3 heteroatoms. The maximum absolute atomic E-state index is 4.95. The first kappa shape index (κ1) is 11.3. The van der Waals surface area contributed by atoms with Crippen molar-refractivity contribution in [2.24, 2.45) is 5.92 Å². The Kier molecular flexibility index (Phi) is 8.57. The molecule has 1 N–H and O–H groups in total. The summed E-state index contributed by atoms with van der Waals surface area (Å²) in [5.74, 6) is 3.11. The van der Waals surface area contributed by atoms with E-state index < -0.39 is 0 Å². The number of hydrogen-bond acceptors (Lipinski definition) is 3. The third-order valence-electron chi connectivity index (χ3n) is 1.39. The molecule has 68 valence electrons. The molecule has 1 unspecified atom stereocenters. The van der Waals surface area contributed by atoms with Gasteiger partial charge in [0, 0.05) is 12.9 Å². The first-order valence-electron chi connectivity index (χ1n) is 4.02. The summed E-state index contributed by atoms with van der Waals surface area (Å²) in [6, 6.07) is 0. The van der Waals surface area contributed by atoms with Crippen molar-refractivity contribution in [1.82, 2.24) is 5.32 Å². The zero-order valence-electron chi connectivity index (χ0n) is 7.72. The van der Waals surface area contributed by atoms with Gasteiger partial charge in [0.2, 0.25) is 0 Å². The molecule has 0 aliphatic heterocycles. The van der Waals surface area contributed by atoms with Gasteiger partial charge in [-0.15, -0.1) is 0 Å². The van der Waals surface area contributed by atoms with Gasteiger partial charge < -0.3 is 10.1 Å². The maximum atomic E-state index is 4.95. The summed E-state index contributed by atoms with van der Waals surface area (Å²) in [5.41, 5.74) is 0. The lowest BCUT2D eigenvalue weighted by Crippen LogP contribution is -2.18. The normalized spacial score (nSPS) is 13.4. The fraction of sp³-hybridized carbons (Fsp3) is 1.00. The minimum absolute atomic E-state index is 0.766. The third-order valence-corrected chi connectivity index (χ3v) is 2.65. The molecule has 0 aliphatic carbocycles. The third kappa shape index (κ3) is 8.17. The van der Waals surface area contributed by atoms with Crippen LogP contribution in [0, 0.1) is 5.92 Å². The van der Waals surface area contributed by atoms with Crippen molar-refractivity contribution in [2.45, 2.75) is 6.92 Å². The number of ether oxygens (including phenoxy) is 1. The first-order chi connectivity index (χ1) is 5.31. The molecule has 0 radical (unpaired) electrons. The molecule has 0 saturated carbocycles. The summed E-state index contributed by atoms with van der Waals surface area (Å²) in [4.78, 5) is 0. The zero-order chi connectivity index (χ0) is 8.53. The largest absolute Gasteiger partial charge is 0.384 e. The van der Waals surface area contributed by atoms with Crippen LogP contribution in [0.1, 0.15) is 6.92 Å². The lowest BCUT2D eigenvalue weighted by Gasteiger charge is -2.09. The van der Waals surface area contributed by atoms with E-state index in [0.29, 0.717) is 0 Å². The Hall–Kier alpha value is 0.270. The van der Waals surface area contributed by atoms with Crippen LogP contribution in [-0.4, -0.2) is 38.8 Å². The molecule has 0 amide bonds. The van der Waals surface area contributed by atoms with Crippen molar-refractivity contribution >= 4 is 11.8 Å². The van der Waals surface area contributed by atoms with E-state index in [9.17, 15) is 0 Å². The van der Waals surface area contributed by atoms with E-state index >= 15 is 0 Å².